The number of hydrogen-bond donors (Lipinski definition) is 1. The van der Waals surface area contributed by atoms with Crippen molar-refractivity contribution in [2.45, 2.75) is 13.1 Å². The lowest BCUT2D eigenvalue weighted by Crippen LogP contribution is -2.13. The Kier molecular flexibility index (Phi) is 4.66. The standard InChI is InChI=1S/C8H12F3N/c1-3-4-7(5-6-12-2)8(9,10)11/h3-5,12H,6H2,1-2H3/b4-3+,7-5+. The fourth-order valence-electron chi connectivity index (χ4n) is 0.670. The van der Waals surface area contributed by atoms with Gasteiger partial charge in [-0.25, -0.2) is 0 Å². The van der Waals surface area contributed by atoms with Crippen LogP contribution in [0.25, 0.3) is 0 Å². The summed E-state index contributed by atoms with van der Waals surface area (Å²) < 4.78 is 36.2. The molecule has 0 saturated carbocycles. The molecule has 0 aliphatic heterocycles. The van der Waals surface area contributed by atoms with Crippen LogP contribution < -0.4 is 5.32 Å². The van der Waals surface area contributed by atoms with Crippen molar-refractivity contribution in [1.29, 1.82) is 0 Å². The van der Waals surface area contributed by atoms with Crippen molar-refractivity contribution in [2.24, 2.45) is 0 Å². The molecule has 0 radical (unpaired) electrons. The van der Waals surface area contributed by atoms with E-state index in [1.807, 2.05) is 0 Å². The van der Waals surface area contributed by atoms with E-state index in [1.165, 1.54) is 6.08 Å². The number of alkyl halides is 3. The molecule has 0 aliphatic rings. The van der Waals surface area contributed by atoms with Crippen molar-refractivity contribution < 1.29 is 13.2 Å². The molecule has 0 unspecified atom stereocenters. The molecule has 0 aromatic carbocycles. The number of likely N-dealkylation sites (N-methyl/N-ethyl adjacent to an activating group) is 1. The van der Waals surface area contributed by atoms with Gasteiger partial charge in [-0.3, -0.25) is 0 Å². The third kappa shape index (κ3) is 4.18. The van der Waals surface area contributed by atoms with E-state index in [0.717, 1.165) is 12.2 Å². The Hall–Kier alpha value is -0.770. The number of rotatable bonds is 3. The van der Waals surface area contributed by atoms with Crippen molar-refractivity contribution in [3.63, 3.8) is 0 Å². The molecule has 4 heteroatoms. The number of halogens is 3. The van der Waals surface area contributed by atoms with E-state index < -0.39 is 11.7 Å². The molecule has 0 spiro atoms. The fourth-order valence-corrected chi connectivity index (χ4v) is 0.670. The Bertz CT molecular complexity index is 179. The number of hydrogen-bond acceptors (Lipinski definition) is 1. The van der Waals surface area contributed by atoms with E-state index in [1.54, 1.807) is 14.0 Å². The molecule has 0 rings (SSSR count). The highest BCUT2D eigenvalue weighted by molar-refractivity contribution is 5.23. The van der Waals surface area contributed by atoms with Gasteiger partial charge in [0, 0.05) is 6.54 Å². The molecule has 0 heterocycles. The predicted molar refractivity (Wildman–Crippen MR) is 42.9 cm³/mol. The number of allylic oxidation sites excluding steroid dienone is 3. The van der Waals surface area contributed by atoms with Crippen LogP contribution in [0.15, 0.2) is 23.8 Å². The molecule has 0 aromatic rings. The minimum atomic E-state index is -4.25. The first-order valence-electron chi connectivity index (χ1n) is 3.57. The highest BCUT2D eigenvalue weighted by Crippen LogP contribution is 2.26. The lowest BCUT2D eigenvalue weighted by molar-refractivity contribution is -0.0883. The van der Waals surface area contributed by atoms with Crippen molar-refractivity contribution >= 4 is 0 Å². The summed E-state index contributed by atoms with van der Waals surface area (Å²) in [6.07, 6.45) is -0.713. The van der Waals surface area contributed by atoms with Crippen LogP contribution in [0.3, 0.4) is 0 Å². The summed E-state index contributed by atoms with van der Waals surface area (Å²) in [6, 6.07) is 0. The van der Waals surface area contributed by atoms with Crippen molar-refractivity contribution in [3.05, 3.63) is 23.8 Å². The van der Waals surface area contributed by atoms with Gasteiger partial charge < -0.3 is 5.32 Å². The second-order valence-electron chi connectivity index (χ2n) is 2.21. The van der Waals surface area contributed by atoms with Crippen LogP contribution in [-0.2, 0) is 0 Å². The molecule has 0 fully saturated rings. The molecular formula is C8H12F3N. The Morgan fingerprint density at radius 1 is 1.42 bits per heavy atom. The first-order chi connectivity index (χ1) is 5.52. The summed E-state index contributed by atoms with van der Waals surface area (Å²) in [5.41, 5.74) is -0.612. The molecule has 1 nitrogen and oxygen atoms in total. The Labute approximate surface area is 70.0 Å². The largest absolute Gasteiger partial charge is 0.416 e. The molecule has 0 aromatic heterocycles. The molecular weight excluding hydrogens is 167 g/mol. The van der Waals surface area contributed by atoms with Crippen molar-refractivity contribution in [2.75, 3.05) is 13.6 Å². The molecule has 70 valence electrons. The van der Waals surface area contributed by atoms with Gasteiger partial charge in [-0.2, -0.15) is 13.2 Å². The van der Waals surface area contributed by atoms with Crippen molar-refractivity contribution in [1.82, 2.24) is 5.32 Å². The fraction of sp³-hybridized carbons (Fsp3) is 0.500. The maximum Gasteiger partial charge on any atom is 0.416 e. The summed E-state index contributed by atoms with van der Waals surface area (Å²) >= 11 is 0. The topological polar surface area (TPSA) is 12.0 Å². The van der Waals surface area contributed by atoms with Crippen LogP contribution in [-0.4, -0.2) is 19.8 Å². The minimum absolute atomic E-state index is 0.221. The van der Waals surface area contributed by atoms with Crippen LogP contribution in [0.2, 0.25) is 0 Å². The molecule has 1 N–H and O–H groups in total. The zero-order valence-corrected chi connectivity index (χ0v) is 7.07. The molecule has 12 heavy (non-hydrogen) atoms. The zero-order chi connectivity index (χ0) is 9.61. The summed E-state index contributed by atoms with van der Waals surface area (Å²) in [5.74, 6) is 0. The maximum absolute atomic E-state index is 12.1. The van der Waals surface area contributed by atoms with Gasteiger partial charge in [0.15, 0.2) is 0 Å². The van der Waals surface area contributed by atoms with Gasteiger partial charge in [0.2, 0.25) is 0 Å². The summed E-state index contributed by atoms with van der Waals surface area (Å²) in [6.45, 7) is 1.78. The molecule has 0 saturated heterocycles. The molecule has 0 amide bonds. The van der Waals surface area contributed by atoms with Gasteiger partial charge in [0.25, 0.3) is 0 Å². The molecule has 0 bridgehead atoms. The lowest BCUT2D eigenvalue weighted by Gasteiger charge is -2.06. The number of nitrogens with one attached hydrogen (secondary N) is 1. The second-order valence-corrected chi connectivity index (χ2v) is 2.21. The van der Waals surface area contributed by atoms with Crippen LogP contribution in [0, 0.1) is 0 Å². The maximum atomic E-state index is 12.1. The average molecular weight is 179 g/mol. The monoisotopic (exact) mass is 179 g/mol. The smallest absolute Gasteiger partial charge is 0.316 e. The lowest BCUT2D eigenvalue weighted by atomic mass is 10.2. The second kappa shape index (κ2) is 4.98. The van der Waals surface area contributed by atoms with E-state index in [2.05, 4.69) is 5.32 Å². The normalized spacial score (nSPS) is 14.2. The quantitative estimate of drug-likeness (QED) is 0.655. The molecule has 0 atom stereocenters. The van der Waals surface area contributed by atoms with Gasteiger partial charge in [-0.15, -0.1) is 0 Å². The third-order valence-electron chi connectivity index (χ3n) is 1.20. The Balaban J connectivity index is 4.44. The van der Waals surface area contributed by atoms with Gasteiger partial charge in [-0.05, 0) is 14.0 Å². The first kappa shape index (κ1) is 11.2. The molecule has 0 aliphatic carbocycles. The van der Waals surface area contributed by atoms with Gasteiger partial charge >= 0.3 is 6.18 Å². The van der Waals surface area contributed by atoms with Gasteiger partial charge in [0.05, 0.1) is 5.57 Å². The van der Waals surface area contributed by atoms with Crippen LogP contribution >= 0.6 is 0 Å². The predicted octanol–water partition coefficient (Wildman–Crippen LogP) is 2.27. The highest BCUT2D eigenvalue weighted by Gasteiger charge is 2.30. The zero-order valence-electron chi connectivity index (χ0n) is 7.07. The van der Waals surface area contributed by atoms with Gasteiger partial charge in [0.1, 0.15) is 0 Å². The third-order valence-corrected chi connectivity index (χ3v) is 1.20. The van der Waals surface area contributed by atoms with E-state index >= 15 is 0 Å². The Morgan fingerprint density at radius 2 is 2.00 bits per heavy atom. The van der Waals surface area contributed by atoms with E-state index in [-0.39, 0.29) is 6.54 Å². The van der Waals surface area contributed by atoms with Gasteiger partial charge in [-0.1, -0.05) is 18.2 Å². The van der Waals surface area contributed by atoms with Crippen LogP contribution in [0.5, 0.6) is 0 Å². The minimum Gasteiger partial charge on any atom is -0.316 e. The SMILES string of the molecule is C/C=C/C(=C\CNC)C(F)(F)F. The average Bonchev–Trinajstić information content (AvgIpc) is 1.95. The Morgan fingerprint density at radius 3 is 2.33 bits per heavy atom. The summed E-state index contributed by atoms with van der Waals surface area (Å²) in [4.78, 5) is 0. The van der Waals surface area contributed by atoms with E-state index in [9.17, 15) is 13.2 Å². The van der Waals surface area contributed by atoms with Crippen LogP contribution in [0.1, 0.15) is 6.92 Å². The van der Waals surface area contributed by atoms with E-state index in [0.29, 0.717) is 0 Å². The van der Waals surface area contributed by atoms with Crippen molar-refractivity contribution in [3.8, 4) is 0 Å². The van der Waals surface area contributed by atoms with Crippen LogP contribution in [0.4, 0.5) is 13.2 Å². The summed E-state index contributed by atoms with van der Waals surface area (Å²) in [7, 11) is 1.60. The first-order valence-corrected chi connectivity index (χ1v) is 3.57. The van der Waals surface area contributed by atoms with E-state index in [4.69, 9.17) is 0 Å². The highest BCUT2D eigenvalue weighted by atomic mass is 19.4. The summed E-state index contributed by atoms with van der Waals surface area (Å²) in [5, 5.41) is 2.62.